The summed E-state index contributed by atoms with van der Waals surface area (Å²) >= 11 is 0. The van der Waals surface area contributed by atoms with Crippen molar-refractivity contribution in [1.29, 1.82) is 0 Å². The number of carbonyl (C=O) groups excluding carboxylic acids is 2. The van der Waals surface area contributed by atoms with Gasteiger partial charge < -0.3 is 15.0 Å². The number of benzene rings is 2. The van der Waals surface area contributed by atoms with Crippen molar-refractivity contribution in [3.05, 3.63) is 60.2 Å². The molecule has 0 aromatic heterocycles. The lowest BCUT2D eigenvalue weighted by atomic mass is 9.87. The lowest BCUT2D eigenvalue weighted by molar-refractivity contribution is -0.165. The Morgan fingerprint density at radius 1 is 1.07 bits per heavy atom. The molecule has 1 heterocycles. The van der Waals surface area contributed by atoms with Crippen LogP contribution in [0.25, 0.3) is 11.1 Å². The summed E-state index contributed by atoms with van der Waals surface area (Å²) in [6, 6.07) is 18.2. The molecule has 1 aliphatic rings. The fourth-order valence-electron chi connectivity index (χ4n) is 3.75. The molecule has 3 rings (SSSR count). The van der Waals surface area contributed by atoms with Crippen LogP contribution in [0.1, 0.15) is 25.8 Å². The zero-order valence-corrected chi connectivity index (χ0v) is 16.6. The number of ether oxygens (including phenoxy) is 1. The Labute approximate surface area is 166 Å². The summed E-state index contributed by atoms with van der Waals surface area (Å²) in [4.78, 5) is 27.1. The number of nitrogens with one attached hydrogen (secondary N) is 1. The lowest BCUT2D eigenvalue weighted by Crippen LogP contribution is -2.62. The predicted octanol–water partition coefficient (Wildman–Crippen LogP) is 3.04. The minimum absolute atomic E-state index is 0.0494. The number of likely N-dealkylation sites (N-methyl/N-ethyl adjacent to an activating group) is 1. The summed E-state index contributed by atoms with van der Waals surface area (Å²) in [5.74, 6) is -0.111. The van der Waals surface area contributed by atoms with E-state index in [2.05, 4.69) is 23.5 Å². The second-order valence-corrected chi connectivity index (χ2v) is 7.07. The van der Waals surface area contributed by atoms with Crippen LogP contribution in [0.15, 0.2) is 54.6 Å². The average molecular weight is 380 g/mol. The van der Waals surface area contributed by atoms with Gasteiger partial charge in [0.1, 0.15) is 0 Å². The molecule has 148 valence electrons. The molecule has 28 heavy (non-hydrogen) atoms. The highest BCUT2D eigenvalue weighted by Crippen LogP contribution is 2.30. The van der Waals surface area contributed by atoms with Gasteiger partial charge in [-0.1, -0.05) is 61.5 Å². The van der Waals surface area contributed by atoms with Crippen molar-refractivity contribution in [3.8, 4) is 11.1 Å². The number of hydrogen-bond donors (Lipinski definition) is 1. The molecular formula is C23H28N2O3. The van der Waals surface area contributed by atoms with E-state index in [-0.39, 0.29) is 18.4 Å². The maximum absolute atomic E-state index is 13.1. The maximum atomic E-state index is 13.1. The van der Waals surface area contributed by atoms with E-state index in [1.807, 2.05) is 50.2 Å². The van der Waals surface area contributed by atoms with Crippen LogP contribution in [-0.4, -0.2) is 48.6 Å². The van der Waals surface area contributed by atoms with Crippen molar-refractivity contribution >= 4 is 11.8 Å². The fourth-order valence-corrected chi connectivity index (χ4v) is 3.75. The van der Waals surface area contributed by atoms with Gasteiger partial charge in [-0.2, -0.15) is 0 Å². The first-order chi connectivity index (χ1) is 13.6. The number of hydrogen-bond acceptors (Lipinski definition) is 3. The molecule has 2 aromatic rings. The molecule has 5 heteroatoms. The Hall–Kier alpha value is -2.66. The molecule has 0 unspecified atom stereocenters. The molecule has 0 saturated carbocycles. The molecule has 1 atom stereocenters. The largest absolute Gasteiger partial charge is 0.361 e. The van der Waals surface area contributed by atoms with Crippen LogP contribution in [0, 0.1) is 0 Å². The highest BCUT2D eigenvalue weighted by molar-refractivity contribution is 5.87. The Bertz CT molecular complexity index is 822. The molecule has 1 fully saturated rings. The van der Waals surface area contributed by atoms with E-state index < -0.39 is 5.60 Å². The first kappa shape index (κ1) is 20.1. The van der Waals surface area contributed by atoms with E-state index in [4.69, 9.17) is 4.74 Å². The summed E-state index contributed by atoms with van der Waals surface area (Å²) in [6.07, 6.45) is 0.837. The van der Waals surface area contributed by atoms with Crippen molar-refractivity contribution in [2.75, 3.05) is 26.2 Å². The number of amides is 2. The minimum Gasteiger partial charge on any atom is -0.361 e. The quantitative estimate of drug-likeness (QED) is 0.838. The van der Waals surface area contributed by atoms with Crippen LogP contribution in [0.2, 0.25) is 0 Å². The summed E-state index contributed by atoms with van der Waals surface area (Å²) in [6.45, 7) is 5.41. The standard InChI is InChI=1S/C23H28N2O3/c1-3-21(26)25-14-15-28-23(17-25,22(27)24-4-2)16-19-12-8-9-13-20(19)18-10-6-5-7-11-18/h5-13H,3-4,14-17H2,1-2H3,(H,24,27)/t23-/m0/s1. The molecule has 5 nitrogen and oxygen atoms in total. The summed E-state index contributed by atoms with van der Waals surface area (Å²) in [7, 11) is 0. The zero-order chi connectivity index (χ0) is 20.0. The van der Waals surface area contributed by atoms with Crippen LogP contribution in [0.4, 0.5) is 0 Å². The van der Waals surface area contributed by atoms with Gasteiger partial charge in [0.25, 0.3) is 5.91 Å². The van der Waals surface area contributed by atoms with Crippen molar-refractivity contribution < 1.29 is 14.3 Å². The van der Waals surface area contributed by atoms with E-state index in [0.717, 1.165) is 16.7 Å². The topological polar surface area (TPSA) is 58.6 Å². The number of carbonyl (C=O) groups is 2. The Morgan fingerprint density at radius 3 is 2.50 bits per heavy atom. The molecule has 0 radical (unpaired) electrons. The third-order valence-electron chi connectivity index (χ3n) is 5.17. The molecule has 0 bridgehead atoms. The third-order valence-corrected chi connectivity index (χ3v) is 5.17. The van der Waals surface area contributed by atoms with E-state index in [9.17, 15) is 9.59 Å². The van der Waals surface area contributed by atoms with Gasteiger partial charge in [0.2, 0.25) is 5.91 Å². The molecule has 0 aliphatic carbocycles. The number of nitrogens with zero attached hydrogens (tertiary/aromatic N) is 1. The van der Waals surface area contributed by atoms with Gasteiger partial charge in [-0.3, -0.25) is 9.59 Å². The normalized spacial score (nSPS) is 19.3. The molecule has 2 aromatic carbocycles. The van der Waals surface area contributed by atoms with Crippen molar-refractivity contribution in [2.45, 2.75) is 32.3 Å². The van der Waals surface area contributed by atoms with Crippen LogP contribution < -0.4 is 5.32 Å². The van der Waals surface area contributed by atoms with Gasteiger partial charge >= 0.3 is 0 Å². The average Bonchev–Trinajstić information content (AvgIpc) is 2.74. The van der Waals surface area contributed by atoms with Crippen molar-refractivity contribution in [3.63, 3.8) is 0 Å². The van der Waals surface area contributed by atoms with Crippen molar-refractivity contribution in [2.24, 2.45) is 0 Å². The molecule has 1 saturated heterocycles. The summed E-state index contributed by atoms with van der Waals surface area (Å²) in [5, 5.41) is 2.91. The van der Waals surface area contributed by atoms with Crippen LogP contribution in [0.3, 0.4) is 0 Å². The number of rotatable bonds is 6. The second-order valence-electron chi connectivity index (χ2n) is 7.07. The number of morpholine rings is 1. The van der Waals surface area contributed by atoms with Gasteiger partial charge in [0, 0.05) is 25.9 Å². The smallest absolute Gasteiger partial charge is 0.254 e. The molecule has 1 N–H and O–H groups in total. The first-order valence-corrected chi connectivity index (χ1v) is 9.93. The Balaban J connectivity index is 1.97. The van der Waals surface area contributed by atoms with E-state index in [1.165, 1.54) is 0 Å². The van der Waals surface area contributed by atoms with Gasteiger partial charge in [0.15, 0.2) is 5.60 Å². The van der Waals surface area contributed by atoms with Gasteiger partial charge in [-0.15, -0.1) is 0 Å². The van der Waals surface area contributed by atoms with E-state index >= 15 is 0 Å². The molecule has 0 spiro atoms. The maximum Gasteiger partial charge on any atom is 0.254 e. The van der Waals surface area contributed by atoms with Crippen LogP contribution >= 0.6 is 0 Å². The molecule has 1 aliphatic heterocycles. The summed E-state index contributed by atoms with van der Waals surface area (Å²) < 4.78 is 6.09. The minimum atomic E-state index is -1.08. The van der Waals surface area contributed by atoms with E-state index in [0.29, 0.717) is 32.5 Å². The Kier molecular flexibility index (Phi) is 6.47. The van der Waals surface area contributed by atoms with Gasteiger partial charge in [0.05, 0.1) is 13.2 Å². The predicted molar refractivity (Wildman–Crippen MR) is 110 cm³/mol. The summed E-state index contributed by atoms with van der Waals surface area (Å²) in [5.41, 5.74) is 2.13. The Morgan fingerprint density at radius 2 is 1.79 bits per heavy atom. The highest BCUT2D eigenvalue weighted by Gasteiger charge is 2.45. The van der Waals surface area contributed by atoms with Crippen molar-refractivity contribution in [1.82, 2.24) is 10.2 Å². The van der Waals surface area contributed by atoms with Gasteiger partial charge in [-0.05, 0) is 23.6 Å². The monoisotopic (exact) mass is 380 g/mol. The molecular weight excluding hydrogens is 352 g/mol. The highest BCUT2D eigenvalue weighted by atomic mass is 16.5. The van der Waals surface area contributed by atoms with Crippen LogP contribution in [0.5, 0.6) is 0 Å². The SMILES string of the molecule is CCNC(=O)[C@]1(Cc2ccccc2-c2ccccc2)CN(C(=O)CC)CCO1. The third kappa shape index (κ3) is 4.25. The molecule has 2 amide bonds. The zero-order valence-electron chi connectivity index (χ0n) is 16.6. The van der Waals surface area contributed by atoms with Crippen LogP contribution in [-0.2, 0) is 20.7 Å². The second kappa shape index (κ2) is 9.02. The van der Waals surface area contributed by atoms with E-state index in [1.54, 1.807) is 4.90 Å². The fraction of sp³-hybridized carbons (Fsp3) is 0.391. The first-order valence-electron chi connectivity index (χ1n) is 9.93. The van der Waals surface area contributed by atoms with Gasteiger partial charge in [-0.25, -0.2) is 0 Å². The lowest BCUT2D eigenvalue weighted by Gasteiger charge is -2.42.